The van der Waals surface area contributed by atoms with Gasteiger partial charge in [-0.3, -0.25) is 4.79 Å². The molecule has 0 N–H and O–H groups in total. The topological polar surface area (TPSA) is 51.0 Å². The molecule has 0 radical (unpaired) electrons. The third-order valence-electron chi connectivity index (χ3n) is 4.17. The van der Waals surface area contributed by atoms with Gasteiger partial charge in [-0.2, -0.15) is 11.3 Å². The third kappa shape index (κ3) is 4.16. The van der Waals surface area contributed by atoms with E-state index in [2.05, 4.69) is 46.1 Å². The average molecular weight is 387 g/mol. The number of hydrogen-bond acceptors (Lipinski definition) is 5. The summed E-state index contributed by atoms with van der Waals surface area (Å²) < 4.78 is 2.07. The SMILES string of the molecule is CCn1c(SCC(=O)N(C)Cc2ccsc2)nnc1-c1ccccc1C. The second-order valence-corrected chi connectivity index (χ2v) is 7.76. The molecule has 0 saturated heterocycles. The van der Waals surface area contributed by atoms with Crippen LogP contribution in [0.15, 0.2) is 46.2 Å². The Morgan fingerprint density at radius 1 is 1.27 bits per heavy atom. The average Bonchev–Trinajstić information content (AvgIpc) is 3.29. The van der Waals surface area contributed by atoms with E-state index in [1.54, 1.807) is 16.2 Å². The molecule has 2 heterocycles. The molecule has 0 atom stereocenters. The first-order valence-corrected chi connectivity index (χ1v) is 10.4. The molecule has 136 valence electrons. The number of thiophene rings is 1. The molecule has 0 bridgehead atoms. The van der Waals surface area contributed by atoms with Gasteiger partial charge in [-0.15, -0.1) is 10.2 Å². The Bertz CT molecular complexity index is 874. The molecular weight excluding hydrogens is 364 g/mol. The Morgan fingerprint density at radius 3 is 2.77 bits per heavy atom. The van der Waals surface area contributed by atoms with Gasteiger partial charge in [0.05, 0.1) is 5.75 Å². The van der Waals surface area contributed by atoms with Crippen molar-refractivity contribution in [2.24, 2.45) is 0 Å². The number of hydrogen-bond donors (Lipinski definition) is 0. The van der Waals surface area contributed by atoms with Gasteiger partial charge in [0.2, 0.25) is 5.91 Å². The normalized spacial score (nSPS) is 10.9. The highest BCUT2D eigenvalue weighted by Gasteiger charge is 2.17. The Hall–Kier alpha value is -2.12. The molecule has 7 heteroatoms. The Balaban J connectivity index is 1.69. The fraction of sp³-hybridized carbons (Fsp3) is 0.316. The van der Waals surface area contributed by atoms with Gasteiger partial charge in [0.25, 0.3) is 0 Å². The van der Waals surface area contributed by atoms with Gasteiger partial charge in [0.15, 0.2) is 11.0 Å². The van der Waals surface area contributed by atoms with Crippen molar-refractivity contribution < 1.29 is 4.79 Å². The number of nitrogens with zero attached hydrogens (tertiary/aromatic N) is 4. The lowest BCUT2D eigenvalue weighted by Gasteiger charge is -2.16. The zero-order chi connectivity index (χ0) is 18.5. The van der Waals surface area contributed by atoms with Gasteiger partial charge in [-0.1, -0.05) is 36.0 Å². The van der Waals surface area contributed by atoms with Crippen molar-refractivity contribution in [1.29, 1.82) is 0 Å². The maximum Gasteiger partial charge on any atom is 0.233 e. The molecule has 0 unspecified atom stereocenters. The van der Waals surface area contributed by atoms with Crippen molar-refractivity contribution in [3.8, 4) is 11.4 Å². The van der Waals surface area contributed by atoms with Gasteiger partial charge in [0, 0.05) is 25.7 Å². The first-order valence-electron chi connectivity index (χ1n) is 8.47. The van der Waals surface area contributed by atoms with Gasteiger partial charge < -0.3 is 9.47 Å². The Morgan fingerprint density at radius 2 is 2.08 bits per heavy atom. The molecular formula is C19H22N4OS2. The summed E-state index contributed by atoms with van der Waals surface area (Å²) in [5, 5.41) is 13.6. The molecule has 0 aliphatic carbocycles. The van der Waals surface area contributed by atoms with E-state index in [0.717, 1.165) is 34.2 Å². The summed E-state index contributed by atoms with van der Waals surface area (Å²) in [6, 6.07) is 10.2. The molecule has 0 aliphatic heterocycles. The predicted octanol–water partition coefficient (Wildman–Crippen LogP) is 4.09. The quantitative estimate of drug-likeness (QED) is 0.574. The van der Waals surface area contributed by atoms with E-state index < -0.39 is 0 Å². The van der Waals surface area contributed by atoms with Crippen LogP contribution < -0.4 is 0 Å². The summed E-state index contributed by atoms with van der Waals surface area (Å²) in [5.41, 5.74) is 3.40. The van der Waals surface area contributed by atoms with E-state index in [9.17, 15) is 4.79 Å². The molecule has 1 amide bonds. The summed E-state index contributed by atoms with van der Waals surface area (Å²) in [6.45, 7) is 5.54. The number of thioether (sulfide) groups is 1. The van der Waals surface area contributed by atoms with Crippen molar-refractivity contribution in [3.63, 3.8) is 0 Å². The second-order valence-electron chi connectivity index (χ2n) is 6.04. The molecule has 5 nitrogen and oxygen atoms in total. The lowest BCUT2D eigenvalue weighted by molar-refractivity contribution is -0.127. The smallest absolute Gasteiger partial charge is 0.233 e. The maximum atomic E-state index is 12.4. The van der Waals surface area contributed by atoms with E-state index in [1.807, 2.05) is 30.6 Å². The van der Waals surface area contributed by atoms with Crippen molar-refractivity contribution in [1.82, 2.24) is 19.7 Å². The van der Waals surface area contributed by atoms with Gasteiger partial charge in [-0.05, 0) is 41.8 Å². The van der Waals surface area contributed by atoms with Crippen LogP contribution in [-0.2, 0) is 17.9 Å². The highest BCUT2D eigenvalue weighted by Crippen LogP contribution is 2.26. The molecule has 3 aromatic rings. The minimum atomic E-state index is 0.0873. The fourth-order valence-electron chi connectivity index (χ4n) is 2.68. The zero-order valence-corrected chi connectivity index (χ0v) is 16.8. The lowest BCUT2D eigenvalue weighted by atomic mass is 10.1. The lowest BCUT2D eigenvalue weighted by Crippen LogP contribution is -2.27. The number of carbonyl (C=O) groups is 1. The molecule has 3 rings (SSSR count). The minimum absolute atomic E-state index is 0.0873. The van der Waals surface area contributed by atoms with Crippen molar-refractivity contribution in [3.05, 3.63) is 52.2 Å². The van der Waals surface area contributed by atoms with E-state index >= 15 is 0 Å². The van der Waals surface area contributed by atoms with Crippen LogP contribution in [0.3, 0.4) is 0 Å². The van der Waals surface area contributed by atoms with Crippen LogP contribution in [0.2, 0.25) is 0 Å². The number of carbonyl (C=O) groups excluding carboxylic acids is 1. The molecule has 0 spiro atoms. The fourth-order valence-corrected chi connectivity index (χ4v) is 4.29. The monoisotopic (exact) mass is 386 g/mol. The zero-order valence-electron chi connectivity index (χ0n) is 15.2. The van der Waals surface area contributed by atoms with Crippen LogP contribution in [0.5, 0.6) is 0 Å². The first-order chi connectivity index (χ1) is 12.6. The van der Waals surface area contributed by atoms with Crippen molar-refractivity contribution in [2.45, 2.75) is 32.1 Å². The van der Waals surface area contributed by atoms with Crippen molar-refractivity contribution >= 4 is 29.0 Å². The molecule has 0 aliphatic rings. The van der Waals surface area contributed by atoms with Gasteiger partial charge in [0.1, 0.15) is 0 Å². The van der Waals surface area contributed by atoms with Crippen LogP contribution in [0.25, 0.3) is 11.4 Å². The second kappa shape index (κ2) is 8.51. The number of amides is 1. The summed E-state index contributed by atoms with van der Waals surface area (Å²) in [7, 11) is 1.84. The number of aromatic nitrogens is 3. The molecule has 1 aromatic carbocycles. The van der Waals surface area contributed by atoms with E-state index in [0.29, 0.717) is 12.3 Å². The molecule has 0 fully saturated rings. The van der Waals surface area contributed by atoms with Crippen molar-refractivity contribution in [2.75, 3.05) is 12.8 Å². The number of benzene rings is 1. The first kappa shape index (κ1) is 18.7. The minimum Gasteiger partial charge on any atom is -0.341 e. The summed E-state index contributed by atoms with van der Waals surface area (Å²) in [5.74, 6) is 1.29. The highest BCUT2D eigenvalue weighted by atomic mass is 32.2. The van der Waals surface area contributed by atoms with Crippen LogP contribution in [0.4, 0.5) is 0 Å². The summed E-state index contributed by atoms with van der Waals surface area (Å²) >= 11 is 3.09. The molecule has 26 heavy (non-hydrogen) atoms. The summed E-state index contributed by atoms with van der Waals surface area (Å²) in [4.78, 5) is 14.2. The Kier molecular flexibility index (Phi) is 6.11. The number of aryl methyl sites for hydroxylation is 1. The van der Waals surface area contributed by atoms with E-state index in [-0.39, 0.29) is 5.91 Å². The van der Waals surface area contributed by atoms with Crippen LogP contribution in [-0.4, -0.2) is 38.4 Å². The highest BCUT2D eigenvalue weighted by molar-refractivity contribution is 7.99. The van der Waals surface area contributed by atoms with Crippen LogP contribution in [0.1, 0.15) is 18.1 Å². The van der Waals surface area contributed by atoms with Gasteiger partial charge in [-0.25, -0.2) is 0 Å². The summed E-state index contributed by atoms with van der Waals surface area (Å²) in [6.07, 6.45) is 0. The maximum absolute atomic E-state index is 12.4. The molecule has 2 aromatic heterocycles. The van der Waals surface area contributed by atoms with Gasteiger partial charge >= 0.3 is 0 Å². The van der Waals surface area contributed by atoms with E-state index in [4.69, 9.17) is 0 Å². The van der Waals surface area contributed by atoms with Crippen LogP contribution >= 0.6 is 23.1 Å². The predicted molar refractivity (Wildman–Crippen MR) is 107 cm³/mol. The van der Waals surface area contributed by atoms with Crippen LogP contribution in [0, 0.1) is 6.92 Å². The largest absolute Gasteiger partial charge is 0.341 e. The third-order valence-corrected chi connectivity index (χ3v) is 5.85. The molecule has 0 saturated carbocycles. The standard InChI is InChI=1S/C19H22N4OS2/c1-4-23-18(16-8-6-5-7-14(16)2)20-21-19(23)26-13-17(24)22(3)11-15-9-10-25-12-15/h5-10,12H,4,11,13H2,1-3H3. The van der Waals surface area contributed by atoms with E-state index in [1.165, 1.54) is 11.8 Å². The Labute approximate surface area is 162 Å². The number of rotatable bonds is 7.